The lowest BCUT2D eigenvalue weighted by molar-refractivity contribution is 0.0888. The van der Waals surface area contributed by atoms with E-state index in [0.29, 0.717) is 11.5 Å². The van der Waals surface area contributed by atoms with E-state index in [1.807, 2.05) is 32.0 Å². The molecule has 2 aliphatic rings. The highest BCUT2D eigenvalue weighted by molar-refractivity contribution is 5.95. The third kappa shape index (κ3) is 4.36. The minimum atomic E-state index is -0.520. The van der Waals surface area contributed by atoms with Gasteiger partial charge in [0.15, 0.2) is 0 Å². The van der Waals surface area contributed by atoms with Crippen molar-refractivity contribution < 1.29 is 13.9 Å². The van der Waals surface area contributed by atoms with E-state index in [2.05, 4.69) is 10.3 Å². The Morgan fingerprint density at radius 1 is 1.17 bits per heavy atom. The molecular formula is C23H28N2O4. The average molecular weight is 396 g/mol. The number of hydrogen-bond acceptors (Lipinski definition) is 5. The van der Waals surface area contributed by atoms with Gasteiger partial charge < -0.3 is 14.5 Å². The quantitative estimate of drug-likeness (QED) is 0.825. The Balaban J connectivity index is 1.34. The summed E-state index contributed by atoms with van der Waals surface area (Å²) in [5.74, 6) is 1.54. The summed E-state index contributed by atoms with van der Waals surface area (Å²) in [6.07, 6.45) is 8.51. The van der Waals surface area contributed by atoms with Crippen molar-refractivity contribution in [3.05, 3.63) is 57.4 Å². The van der Waals surface area contributed by atoms with E-state index in [-0.39, 0.29) is 23.6 Å². The molecule has 0 saturated heterocycles. The molecule has 0 spiro atoms. The van der Waals surface area contributed by atoms with Gasteiger partial charge in [0.2, 0.25) is 0 Å². The first-order chi connectivity index (χ1) is 14.0. The number of hydrogen-bond donors (Lipinski definition) is 1. The number of amides is 1. The monoisotopic (exact) mass is 396 g/mol. The molecule has 0 unspecified atom stereocenters. The molecule has 6 heteroatoms. The zero-order valence-electron chi connectivity index (χ0n) is 17.1. The van der Waals surface area contributed by atoms with Crippen LogP contribution in [0.3, 0.4) is 0 Å². The van der Waals surface area contributed by atoms with E-state index in [1.54, 1.807) is 6.20 Å². The SMILES string of the molecule is Cc1cc(C2CCC2)oc(=O)c1C(=O)NC1CCC(Oc2cccnc2C)CC1. The molecule has 0 aliphatic heterocycles. The number of pyridine rings is 1. The van der Waals surface area contributed by atoms with Crippen LogP contribution in [0.25, 0.3) is 0 Å². The fourth-order valence-electron chi connectivity index (χ4n) is 4.16. The molecule has 0 radical (unpaired) electrons. The van der Waals surface area contributed by atoms with Gasteiger partial charge in [-0.25, -0.2) is 4.79 Å². The van der Waals surface area contributed by atoms with Crippen molar-refractivity contribution in [2.24, 2.45) is 0 Å². The van der Waals surface area contributed by atoms with Crippen LogP contribution in [-0.4, -0.2) is 23.0 Å². The highest BCUT2D eigenvalue weighted by Crippen LogP contribution is 2.36. The maximum Gasteiger partial charge on any atom is 0.349 e. The van der Waals surface area contributed by atoms with E-state index in [0.717, 1.165) is 55.7 Å². The fourth-order valence-corrected chi connectivity index (χ4v) is 4.16. The van der Waals surface area contributed by atoms with Gasteiger partial charge in [-0.2, -0.15) is 0 Å². The molecule has 0 bridgehead atoms. The molecular weight excluding hydrogens is 368 g/mol. The van der Waals surface area contributed by atoms with E-state index >= 15 is 0 Å². The van der Waals surface area contributed by atoms with Crippen molar-refractivity contribution in [3.63, 3.8) is 0 Å². The summed E-state index contributed by atoms with van der Waals surface area (Å²) in [6.45, 7) is 3.75. The average Bonchev–Trinajstić information content (AvgIpc) is 2.63. The summed E-state index contributed by atoms with van der Waals surface area (Å²) in [5.41, 5.74) is 1.20. The molecule has 0 aromatic carbocycles. The zero-order chi connectivity index (χ0) is 20.4. The van der Waals surface area contributed by atoms with Gasteiger partial charge in [0.25, 0.3) is 5.91 Å². The molecule has 1 N–H and O–H groups in total. The largest absolute Gasteiger partial charge is 0.489 e. The number of aryl methyl sites for hydroxylation is 2. The van der Waals surface area contributed by atoms with E-state index in [4.69, 9.17) is 9.15 Å². The van der Waals surface area contributed by atoms with Crippen LogP contribution >= 0.6 is 0 Å². The summed E-state index contributed by atoms with van der Waals surface area (Å²) in [7, 11) is 0. The second kappa shape index (κ2) is 8.39. The summed E-state index contributed by atoms with van der Waals surface area (Å²) in [5, 5.41) is 3.02. The second-order valence-corrected chi connectivity index (χ2v) is 8.27. The van der Waals surface area contributed by atoms with Gasteiger partial charge in [0.1, 0.15) is 17.1 Å². The zero-order valence-corrected chi connectivity index (χ0v) is 17.1. The molecule has 2 fully saturated rings. The van der Waals surface area contributed by atoms with Crippen LogP contribution < -0.4 is 15.7 Å². The normalized spacial score (nSPS) is 22.0. The lowest BCUT2D eigenvalue weighted by atomic mass is 9.83. The molecule has 6 nitrogen and oxygen atoms in total. The van der Waals surface area contributed by atoms with Crippen LogP contribution in [-0.2, 0) is 0 Å². The maximum absolute atomic E-state index is 12.7. The summed E-state index contributed by atoms with van der Waals surface area (Å²) in [6, 6.07) is 5.72. The lowest BCUT2D eigenvalue weighted by Crippen LogP contribution is -2.41. The smallest absolute Gasteiger partial charge is 0.349 e. The van der Waals surface area contributed by atoms with Crippen LogP contribution in [0.2, 0.25) is 0 Å². The molecule has 29 heavy (non-hydrogen) atoms. The Morgan fingerprint density at radius 2 is 1.93 bits per heavy atom. The van der Waals surface area contributed by atoms with Gasteiger partial charge in [-0.3, -0.25) is 9.78 Å². The first kappa shape index (κ1) is 19.7. The van der Waals surface area contributed by atoms with Crippen LogP contribution in [0, 0.1) is 13.8 Å². The predicted molar refractivity (Wildman–Crippen MR) is 109 cm³/mol. The van der Waals surface area contributed by atoms with Crippen LogP contribution in [0.15, 0.2) is 33.6 Å². The molecule has 154 valence electrons. The van der Waals surface area contributed by atoms with E-state index in [9.17, 15) is 9.59 Å². The van der Waals surface area contributed by atoms with Crippen molar-refractivity contribution in [2.45, 2.75) is 76.9 Å². The van der Waals surface area contributed by atoms with Gasteiger partial charge in [-0.05, 0) is 76.1 Å². The third-order valence-corrected chi connectivity index (χ3v) is 6.16. The van der Waals surface area contributed by atoms with E-state index < -0.39 is 5.63 Å². The topological polar surface area (TPSA) is 81.4 Å². The molecule has 2 aromatic heterocycles. The molecule has 2 heterocycles. The number of ether oxygens (including phenoxy) is 1. The lowest BCUT2D eigenvalue weighted by Gasteiger charge is -2.30. The molecule has 2 saturated carbocycles. The van der Waals surface area contributed by atoms with Crippen LogP contribution in [0.1, 0.15) is 78.2 Å². The number of carbonyl (C=O) groups excluding carboxylic acids is 1. The first-order valence-electron chi connectivity index (χ1n) is 10.5. The number of nitrogens with one attached hydrogen (secondary N) is 1. The van der Waals surface area contributed by atoms with Gasteiger partial charge >= 0.3 is 5.63 Å². The van der Waals surface area contributed by atoms with Gasteiger partial charge in [0.05, 0.1) is 11.8 Å². The molecule has 0 atom stereocenters. The minimum Gasteiger partial charge on any atom is -0.489 e. The Bertz CT molecular complexity index is 940. The summed E-state index contributed by atoms with van der Waals surface area (Å²) < 4.78 is 11.5. The highest BCUT2D eigenvalue weighted by Gasteiger charge is 2.28. The number of carbonyl (C=O) groups is 1. The number of rotatable bonds is 5. The Hall–Kier alpha value is -2.63. The molecule has 2 aromatic rings. The van der Waals surface area contributed by atoms with Crippen molar-refractivity contribution >= 4 is 5.91 Å². The first-order valence-corrected chi connectivity index (χ1v) is 10.5. The standard InChI is InChI=1S/C23H28N2O4/c1-14-13-20(16-5-3-6-16)29-23(27)21(14)22(26)25-17-8-10-18(11-9-17)28-19-7-4-12-24-15(19)2/h4,7,12-13,16-18H,3,5-6,8-11H2,1-2H3,(H,25,26). The van der Waals surface area contributed by atoms with Crippen LogP contribution in [0.5, 0.6) is 5.75 Å². The summed E-state index contributed by atoms with van der Waals surface area (Å²) in [4.78, 5) is 29.4. The Kier molecular flexibility index (Phi) is 5.69. The Morgan fingerprint density at radius 3 is 2.55 bits per heavy atom. The van der Waals surface area contributed by atoms with Crippen molar-refractivity contribution in [2.75, 3.05) is 0 Å². The molecule has 2 aliphatic carbocycles. The third-order valence-electron chi connectivity index (χ3n) is 6.16. The fraction of sp³-hybridized carbons (Fsp3) is 0.522. The molecule has 4 rings (SSSR count). The maximum atomic E-state index is 12.7. The predicted octanol–water partition coefficient (Wildman–Crippen LogP) is 4.04. The van der Waals surface area contributed by atoms with Gasteiger partial charge in [-0.1, -0.05) is 6.42 Å². The van der Waals surface area contributed by atoms with Gasteiger partial charge in [0, 0.05) is 18.2 Å². The number of nitrogens with zero attached hydrogens (tertiary/aromatic N) is 1. The number of aromatic nitrogens is 1. The van der Waals surface area contributed by atoms with Gasteiger partial charge in [-0.15, -0.1) is 0 Å². The second-order valence-electron chi connectivity index (χ2n) is 8.27. The molecule has 1 amide bonds. The van der Waals surface area contributed by atoms with E-state index in [1.165, 1.54) is 6.42 Å². The van der Waals surface area contributed by atoms with Crippen molar-refractivity contribution in [1.29, 1.82) is 0 Å². The van der Waals surface area contributed by atoms with Crippen molar-refractivity contribution in [3.8, 4) is 5.75 Å². The summed E-state index contributed by atoms with van der Waals surface area (Å²) >= 11 is 0. The van der Waals surface area contributed by atoms with Crippen LogP contribution in [0.4, 0.5) is 0 Å². The Labute approximate surface area is 170 Å². The van der Waals surface area contributed by atoms with Crippen molar-refractivity contribution in [1.82, 2.24) is 10.3 Å². The minimum absolute atomic E-state index is 0.0439. The highest BCUT2D eigenvalue weighted by atomic mass is 16.5.